The molecule has 0 radical (unpaired) electrons. The van der Waals surface area contributed by atoms with Crippen LogP contribution in [0.5, 0.6) is 0 Å². The number of aromatic nitrogens is 1. The van der Waals surface area contributed by atoms with Gasteiger partial charge in [0.15, 0.2) is 0 Å². The fraction of sp³-hybridized carbons (Fsp3) is 0.143. The Morgan fingerprint density at radius 2 is 2.00 bits per heavy atom. The summed E-state index contributed by atoms with van der Waals surface area (Å²) in [5, 5.41) is 2.82. The molecule has 0 saturated heterocycles. The monoisotopic (exact) mass is 241 g/mol. The molecule has 0 bridgehead atoms. The summed E-state index contributed by atoms with van der Waals surface area (Å²) < 4.78 is 0. The number of pyridine rings is 1. The van der Waals surface area contributed by atoms with E-state index in [0.29, 0.717) is 16.9 Å². The summed E-state index contributed by atoms with van der Waals surface area (Å²) >= 11 is 0. The van der Waals surface area contributed by atoms with Crippen molar-refractivity contribution in [2.75, 3.05) is 11.1 Å². The molecule has 0 saturated carbocycles. The Kier molecular flexibility index (Phi) is 3.28. The lowest BCUT2D eigenvalue weighted by Gasteiger charge is -2.08. The smallest absolute Gasteiger partial charge is 0.255 e. The lowest BCUT2D eigenvalue weighted by Crippen LogP contribution is -2.13. The highest BCUT2D eigenvalue weighted by atomic mass is 16.1. The van der Waals surface area contributed by atoms with E-state index in [1.165, 1.54) is 0 Å². The molecule has 2 aromatic rings. The van der Waals surface area contributed by atoms with E-state index in [1.807, 2.05) is 19.9 Å². The van der Waals surface area contributed by atoms with Crippen LogP contribution in [0.15, 0.2) is 36.7 Å². The van der Waals surface area contributed by atoms with Crippen LogP contribution < -0.4 is 11.1 Å². The summed E-state index contributed by atoms with van der Waals surface area (Å²) in [6, 6.07) is 7.10. The van der Waals surface area contributed by atoms with Gasteiger partial charge >= 0.3 is 0 Å². The number of nitrogen functional groups attached to an aromatic ring is 1. The van der Waals surface area contributed by atoms with E-state index in [4.69, 9.17) is 5.73 Å². The van der Waals surface area contributed by atoms with Gasteiger partial charge in [0, 0.05) is 17.4 Å². The number of aryl methyl sites for hydroxylation is 2. The molecule has 1 amide bonds. The zero-order valence-electron chi connectivity index (χ0n) is 10.4. The van der Waals surface area contributed by atoms with Crippen LogP contribution in [-0.4, -0.2) is 10.9 Å². The molecule has 0 atom stereocenters. The highest BCUT2D eigenvalue weighted by Gasteiger charge is 2.09. The second kappa shape index (κ2) is 4.87. The van der Waals surface area contributed by atoms with Crippen LogP contribution in [0.1, 0.15) is 21.5 Å². The molecule has 0 fully saturated rings. The summed E-state index contributed by atoms with van der Waals surface area (Å²) in [6.45, 7) is 3.79. The second-order valence-corrected chi connectivity index (χ2v) is 4.28. The summed E-state index contributed by atoms with van der Waals surface area (Å²) in [4.78, 5) is 16.1. The fourth-order valence-corrected chi connectivity index (χ4v) is 1.76. The maximum Gasteiger partial charge on any atom is 0.255 e. The van der Waals surface area contributed by atoms with Gasteiger partial charge in [-0.25, -0.2) is 0 Å². The lowest BCUT2D eigenvalue weighted by molar-refractivity contribution is 0.102. The number of hydrogen-bond donors (Lipinski definition) is 2. The maximum absolute atomic E-state index is 12.1. The van der Waals surface area contributed by atoms with Gasteiger partial charge in [0.25, 0.3) is 5.91 Å². The number of carbonyl (C=O) groups excluding carboxylic acids is 1. The topological polar surface area (TPSA) is 68.0 Å². The molecule has 92 valence electrons. The van der Waals surface area contributed by atoms with Gasteiger partial charge in [-0.15, -0.1) is 0 Å². The maximum atomic E-state index is 12.1. The third-order valence-electron chi connectivity index (χ3n) is 2.63. The molecule has 1 heterocycles. The Hall–Kier alpha value is -2.36. The summed E-state index contributed by atoms with van der Waals surface area (Å²) in [7, 11) is 0. The summed E-state index contributed by atoms with van der Waals surface area (Å²) in [5.41, 5.74) is 9.48. The van der Waals surface area contributed by atoms with E-state index in [9.17, 15) is 4.79 Å². The molecule has 0 aliphatic rings. The number of rotatable bonds is 2. The van der Waals surface area contributed by atoms with Crippen LogP contribution in [0.4, 0.5) is 11.4 Å². The molecule has 0 unspecified atom stereocenters. The van der Waals surface area contributed by atoms with E-state index < -0.39 is 0 Å². The van der Waals surface area contributed by atoms with Crippen LogP contribution >= 0.6 is 0 Å². The van der Waals surface area contributed by atoms with Crippen LogP contribution in [0.2, 0.25) is 0 Å². The predicted octanol–water partition coefficient (Wildman–Crippen LogP) is 2.53. The fourth-order valence-electron chi connectivity index (χ4n) is 1.76. The first-order chi connectivity index (χ1) is 8.56. The van der Waals surface area contributed by atoms with Crippen molar-refractivity contribution in [3.05, 3.63) is 53.3 Å². The van der Waals surface area contributed by atoms with Crippen LogP contribution in [0, 0.1) is 13.8 Å². The summed E-state index contributed by atoms with van der Waals surface area (Å²) in [5.74, 6) is -0.153. The molecule has 1 aromatic heterocycles. The number of nitrogens with two attached hydrogens (primary N) is 1. The second-order valence-electron chi connectivity index (χ2n) is 4.28. The quantitative estimate of drug-likeness (QED) is 0.794. The molecule has 4 heteroatoms. The van der Waals surface area contributed by atoms with Gasteiger partial charge in [0.2, 0.25) is 0 Å². The van der Waals surface area contributed by atoms with Gasteiger partial charge in [0.1, 0.15) is 0 Å². The number of nitrogens with zero attached hydrogens (tertiary/aromatic N) is 1. The van der Waals surface area contributed by atoms with Crippen molar-refractivity contribution in [2.45, 2.75) is 13.8 Å². The zero-order chi connectivity index (χ0) is 13.1. The molecular weight excluding hydrogens is 226 g/mol. The molecule has 0 spiro atoms. The standard InChI is InChI=1S/C14H15N3O/c1-9-5-12(8-16-7-9)17-14(18)13-4-3-11(15)6-10(13)2/h3-8H,15H2,1-2H3,(H,17,18). The molecular formula is C14H15N3O. The first-order valence-electron chi connectivity index (χ1n) is 5.65. The number of benzene rings is 1. The number of amides is 1. The van der Waals surface area contributed by atoms with Gasteiger partial charge < -0.3 is 11.1 Å². The minimum absolute atomic E-state index is 0.153. The molecule has 0 aliphatic heterocycles. The Morgan fingerprint density at radius 3 is 2.67 bits per heavy atom. The minimum atomic E-state index is -0.153. The van der Waals surface area contributed by atoms with Gasteiger partial charge in [-0.1, -0.05) is 0 Å². The Balaban J connectivity index is 2.22. The van der Waals surface area contributed by atoms with Crippen molar-refractivity contribution in [3.63, 3.8) is 0 Å². The number of hydrogen-bond acceptors (Lipinski definition) is 3. The Bertz CT molecular complexity index is 593. The first-order valence-corrected chi connectivity index (χ1v) is 5.65. The van der Waals surface area contributed by atoms with E-state index in [1.54, 1.807) is 30.6 Å². The van der Waals surface area contributed by atoms with Crippen molar-refractivity contribution < 1.29 is 4.79 Å². The van der Waals surface area contributed by atoms with Gasteiger partial charge in [0.05, 0.1) is 11.9 Å². The highest BCUT2D eigenvalue weighted by molar-refractivity contribution is 6.05. The molecule has 0 aliphatic carbocycles. The third kappa shape index (κ3) is 2.66. The van der Waals surface area contributed by atoms with Crippen molar-refractivity contribution >= 4 is 17.3 Å². The largest absolute Gasteiger partial charge is 0.399 e. The van der Waals surface area contributed by atoms with E-state index in [-0.39, 0.29) is 5.91 Å². The van der Waals surface area contributed by atoms with Gasteiger partial charge in [-0.3, -0.25) is 9.78 Å². The number of carbonyl (C=O) groups is 1. The third-order valence-corrected chi connectivity index (χ3v) is 2.63. The Labute approximate surface area is 106 Å². The molecule has 2 rings (SSSR count). The predicted molar refractivity (Wildman–Crippen MR) is 72.5 cm³/mol. The lowest BCUT2D eigenvalue weighted by atomic mass is 10.1. The normalized spacial score (nSPS) is 10.1. The van der Waals surface area contributed by atoms with Crippen molar-refractivity contribution in [3.8, 4) is 0 Å². The van der Waals surface area contributed by atoms with Crippen molar-refractivity contribution in [1.82, 2.24) is 4.98 Å². The van der Waals surface area contributed by atoms with Crippen molar-refractivity contribution in [2.24, 2.45) is 0 Å². The molecule has 3 N–H and O–H groups in total. The minimum Gasteiger partial charge on any atom is -0.399 e. The highest BCUT2D eigenvalue weighted by Crippen LogP contribution is 2.15. The average Bonchev–Trinajstić information content (AvgIpc) is 2.28. The van der Waals surface area contributed by atoms with Gasteiger partial charge in [-0.2, -0.15) is 0 Å². The van der Waals surface area contributed by atoms with Crippen LogP contribution in [0.25, 0.3) is 0 Å². The van der Waals surface area contributed by atoms with Crippen LogP contribution in [0.3, 0.4) is 0 Å². The van der Waals surface area contributed by atoms with E-state index in [0.717, 1.165) is 11.1 Å². The molecule has 18 heavy (non-hydrogen) atoms. The van der Waals surface area contributed by atoms with Crippen molar-refractivity contribution in [1.29, 1.82) is 0 Å². The average molecular weight is 241 g/mol. The SMILES string of the molecule is Cc1cncc(NC(=O)c2ccc(N)cc2C)c1. The van der Waals surface area contributed by atoms with Crippen LogP contribution in [-0.2, 0) is 0 Å². The first kappa shape index (κ1) is 12.1. The zero-order valence-corrected chi connectivity index (χ0v) is 10.4. The van der Waals surface area contributed by atoms with Gasteiger partial charge in [-0.05, 0) is 49.2 Å². The Morgan fingerprint density at radius 1 is 1.22 bits per heavy atom. The molecule has 4 nitrogen and oxygen atoms in total. The van der Waals surface area contributed by atoms with E-state index >= 15 is 0 Å². The molecule has 1 aromatic carbocycles. The summed E-state index contributed by atoms with van der Waals surface area (Å²) in [6.07, 6.45) is 3.36. The number of anilines is 2. The number of nitrogens with one attached hydrogen (secondary N) is 1. The van der Waals surface area contributed by atoms with E-state index in [2.05, 4.69) is 10.3 Å².